The summed E-state index contributed by atoms with van der Waals surface area (Å²) >= 11 is 2.30. The molecule has 0 heterocycles. The molecule has 2 heteroatoms. The van der Waals surface area contributed by atoms with E-state index in [1.165, 1.54) is 9.13 Å². The zero-order valence-electron chi connectivity index (χ0n) is 8.21. The zero-order valence-corrected chi connectivity index (χ0v) is 10.4. The Balaban J connectivity index is 2.18. The minimum Gasteiger partial charge on any atom is -0.377 e. The lowest BCUT2D eigenvalue weighted by molar-refractivity contribution is 0.119. The van der Waals surface area contributed by atoms with Gasteiger partial charge in [0.15, 0.2) is 0 Å². The molecule has 0 unspecified atom stereocenters. The first-order valence-electron chi connectivity index (χ1n) is 4.76. The molecule has 0 fully saturated rings. The maximum Gasteiger partial charge on any atom is 0.0716 e. The van der Waals surface area contributed by atoms with Crippen molar-refractivity contribution in [1.82, 2.24) is 0 Å². The molecule has 76 valence electrons. The highest BCUT2D eigenvalue weighted by Gasteiger charge is 1.92. The molecule has 1 rings (SSSR count). The number of unbranched alkanes of at least 4 members (excludes halogenated alkanes) is 1. The van der Waals surface area contributed by atoms with Crippen LogP contribution in [0.15, 0.2) is 36.9 Å². The van der Waals surface area contributed by atoms with Crippen LogP contribution in [-0.4, -0.2) is 6.61 Å². The molecule has 0 aliphatic heterocycles. The molecular weight excluding hydrogens is 287 g/mol. The van der Waals surface area contributed by atoms with Crippen LogP contribution >= 0.6 is 22.6 Å². The van der Waals surface area contributed by atoms with Crippen LogP contribution < -0.4 is 0 Å². The first-order valence-corrected chi connectivity index (χ1v) is 5.84. The predicted octanol–water partition coefficient (Wildman–Crippen LogP) is 3.77. The fraction of sp³-hybridized carbons (Fsp3) is 0.333. The van der Waals surface area contributed by atoms with Gasteiger partial charge in [-0.25, -0.2) is 0 Å². The number of ether oxygens (including phenoxy) is 1. The van der Waals surface area contributed by atoms with Crippen molar-refractivity contribution in [2.45, 2.75) is 19.4 Å². The van der Waals surface area contributed by atoms with Crippen molar-refractivity contribution in [1.29, 1.82) is 0 Å². The van der Waals surface area contributed by atoms with Crippen molar-refractivity contribution in [3.63, 3.8) is 0 Å². The molecule has 0 saturated heterocycles. The van der Waals surface area contributed by atoms with Gasteiger partial charge in [0.1, 0.15) is 0 Å². The van der Waals surface area contributed by atoms with Gasteiger partial charge in [-0.3, -0.25) is 0 Å². The van der Waals surface area contributed by atoms with Gasteiger partial charge in [-0.15, -0.1) is 6.58 Å². The quantitative estimate of drug-likeness (QED) is 0.441. The Bertz CT molecular complexity index is 266. The third kappa shape index (κ3) is 4.77. The maximum atomic E-state index is 5.51. The van der Waals surface area contributed by atoms with Crippen LogP contribution in [0.2, 0.25) is 0 Å². The lowest BCUT2D eigenvalue weighted by Crippen LogP contribution is -1.94. The normalized spacial score (nSPS) is 10.1. The zero-order chi connectivity index (χ0) is 10.2. The summed E-state index contributed by atoms with van der Waals surface area (Å²) in [5.74, 6) is 0. The highest BCUT2D eigenvalue weighted by molar-refractivity contribution is 14.1. The minimum atomic E-state index is 0.716. The van der Waals surface area contributed by atoms with Gasteiger partial charge in [0.2, 0.25) is 0 Å². The van der Waals surface area contributed by atoms with Crippen molar-refractivity contribution in [2.24, 2.45) is 0 Å². The number of allylic oxidation sites excluding steroid dienone is 1. The average molecular weight is 302 g/mol. The first-order chi connectivity index (χ1) is 6.83. The molecule has 0 saturated carbocycles. The van der Waals surface area contributed by atoms with E-state index in [4.69, 9.17) is 4.74 Å². The van der Waals surface area contributed by atoms with Crippen molar-refractivity contribution in [2.75, 3.05) is 6.61 Å². The van der Waals surface area contributed by atoms with Crippen molar-refractivity contribution >= 4 is 22.6 Å². The summed E-state index contributed by atoms with van der Waals surface area (Å²) in [5, 5.41) is 0. The SMILES string of the molecule is C=CCCCOCc1ccc(I)cc1. The van der Waals surface area contributed by atoms with E-state index < -0.39 is 0 Å². The minimum absolute atomic E-state index is 0.716. The fourth-order valence-corrected chi connectivity index (χ4v) is 1.46. The van der Waals surface area contributed by atoms with Gasteiger partial charge in [0, 0.05) is 10.2 Å². The van der Waals surface area contributed by atoms with E-state index in [2.05, 4.69) is 53.4 Å². The molecular formula is C12H15IO. The maximum absolute atomic E-state index is 5.51. The van der Waals surface area contributed by atoms with Crippen LogP contribution in [0.1, 0.15) is 18.4 Å². The first kappa shape index (κ1) is 11.7. The summed E-state index contributed by atoms with van der Waals surface area (Å²) in [6.45, 7) is 5.20. The van der Waals surface area contributed by atoms with Gasteiger partial charge < -0.3 is 4.74 Å². The summed E-state index contributed by atoms with van der Waals surface area (Å²) in [4.78, 5) is 0. The molecule has 0 aliphatic carbocycles. The second-order valence-electron chi connectivity index (χ2n) is 3.11. The number of hydrogen-bond acceptors (Lipinski definition) is 1. The van der Waals surface area contributed by atoms with Crippen LogP contribution in [0.4, 0.5) is 0 Å². The van der Waals surface area contributed by atoms with Crippen LogP contribution in [0.3, 0.4) is 0 Å². The Kier molecular flexibility index (Phi) is 5.87. The molecule has 0 bridgehead atoms. The van der Waals surface area contributed by atoms with Crippen LogP contribution in [-0.2, 0) is 11.3 Å². The standard InChI is InChI=1S/C12H15IO/c1-2-3-4-9-14-10-11-5-7-12(13)8-6-11/h2,5-8H,1,3-4,9-10H2. The molecule has 1 nitrogen and oxygen atoms in total. The highest BCUT2D eigenvalue weighted by atomic mass is 127. The smallest absolute Gasteiger partial charge is 0.0716 e. The fourth-order valence-electron chi connectivity index (χ4n) is 1.10. The Labute approximate surface area is 99.3 Å². The van der Waals surface area contributed by atoms with Gasteiger partial charge in [-0.2, -0.15) is 0 Å². The van der Waals surface area contributed by atoms with E-state index in [0.717, 1.165) is 19.4 Å². The van der Waals surface area contributed by atoms with Gasteiger partial charge in [-0.1, -0.05) is 18.2 Å². The van der Waals surface area contributed by atoms with Crippen LogP contribution in [0.25, 0.3) is 0 Å². The lowest BCUT2D eigenvalue weighted by Gasteiger charge is -2.03. The molecule has 0 atom stereocenters. The van der Waals surface area contributed by atoms with Gasteiger partial charge >= 0.3 is 0 Å². The molecule has 0 spiro atoms. The highest BCUT2D eigenvalue weighted by Crippen LogP contribution is 2.07. The predicted molar refractivity (Wildman–Crippen MR) is 68.2 cm³/mol. The van der Waals surface area contributed by atoms with Crippen molar-refractivity contribution in [3.05, 3.63) is 46.1 Å². The molecule has 1 aromatic rings. The molecule has 1 aromatic carbocycles. The monoisotopic (exact) mass is 302 g/mol. The van der Waals surface area contributed by atoms with Gasteiger partial charge in [0.05, 0.1) is 6.61 Å². The molecule has 0 aliphatic rings. The second kappa shape index (κ2) is 7.01. The summed E-state index contributed by atoms with van der Waals surface area (Å²) in [5.41, 5.74) is 1.24. The van der Waals surface area contributed by atoms with E-state index in [0.29, 0.717) is 6.61 Å². The Morgan fingerprint density at radius 3 is 2.64 bits per heavy atom. The second-order valence-corrected chi connectivity index (χ2v) is 4.36. The Morgan fingerprint density at radius 1 is 1.29 bits per heavy atom. The van der Waals surface area contributed by atoms with E-state index in [1.54, 1.807) is 0 Å². The Morgan fingerprint density at radius 2 is 2.00 bits per heavy atom. The number of benzene rings is 1. The van der Waals surface area contributed by atoms with E-state index >= 15 is 0 Å². The van der Waals surface area contributed by atoms with E-state index in [9.17, 15) is 0 Å². The van der Waals surface area contributed by atoms with Gasteiger partial charge in [-0.05, 0) is 53.1 Å². The number of hydrogen-bond donors (Lipinski definition) is 0. The third-order valence-electron chi connectivity index (χ3n) is 1.88. The number of rotatable bonds is 6. The average Bonchev–Trinajstić information content (AvgIpc) is 2.21. The third-order valence-corrected chi connectivity index (χ3v) is 2.60. The number of halogens is 1. The lowest BCUT2D eigenvalue weighted by atomic mass is 10.2. The van der Waals surface area contributed by atoms with Crippen LogP contribution in [0.5, 0.6) is 0 Å². The Hall–Kier alpha value is -0.350. The topological polar surface area (TPSA) is 9.23 Å². The summed E-state index contributed by atoms with van der Waals surface area (Å²) in [6, 6.07) is 8.41. The largest absolute Gasteiger partial charge is 0.377 e. The molecule has 0 aromatic heterocycles. The molecule has 0 amide bonds. The summed E-state index contributed by atoms with van der Waals surface area (Å²) in [7, 11) is 0. The van der Waals surface area contributed by atoms with Crippen LogP contribution in [0, 0.1) is 3.57 Å². The summed E-state index contributed by atoms with van der Waals surface area (Å²) < 4.78 is 6.77. The molecule has 14 heavy (non-hydrogen) atoms. The summed E-state index contributed by atoms with van der Waals surface area (Å²) in [6.07, 6.45) is 4.02. The van der Waals surface area contributed by atoms with Crippen molar-refractivity contribution < 1.29 is 4.74 Å². The van der Waals surface area contributed by atoms with E-state index in [1.807, 2.05) is 6.08 Å². The molecule has 0 radical (unpaired) electrons. The molecule has 0 N–H and O–H groups in total. The van der Waals surface area contributed by atoms with E-state index in [-0.39, 0.29) is 0 Å². The van der Waals surface area contributed by atoms with Crippen molar-refractivity contribution in [3.8, 4) is 0 Å². The van der Waals surface area contributed by atoms with Gasteiger partial charge in [0.25, 0.3) is 0 Å².